The number of benzene rings is 1. The Morgan fingerprint density at radius 3 is 2.13 bits per heavy atom. The summed E-state index contributed by atoms with van der Waals surface area (Å²) < 4.78 is 0. The third kappa shape index (κ3) is 5.11. The number of carbonyl (C=O) groups excluding carboxylic acids is 1. The maximum atomic E-state index is 10.7. The van der Waals surface area contributed by atoms with Gasteiger partial charge >= 0.3 is 6.09 Å². The van der Waals surface area contributed by atoms with Crippen molar-refractivity contribution >= 4 is 12.0 Å². The van der Waals surface area contributed by atoms with Crippen LogP contribution in [0.25, 0.3) is 0 Å². The van der Waals surface area contributed by atoms with E-state index in [0.717, 1.165) is 0 Å². The lowest BCUT2D eigenvalue weighted by atomic mass is 10.2. The van der Waals surface area contributed by atoms with Crippen molar-refractivity contribution in [2.24, 2.45) is 5.73 Å². The normalized spacial score (nSPS) is 8.33. The fraction of sp³-hybridized carbons (Fsp3) is 0. The number of hydrogen-bond donors (Lipinski definition) is 5. The monoisotopic (exact) mass is 214 g/mol. The molecule has 0 radical (unpaired) electrons. The zero-order chi connectivity index (χ0) is 11.8. The van der Waals surface area contributed by atoms with Gasteiger partial charge in [0.25, 0.3) is 5.91 Å². The Morgan fingerprint density at radius 1 is 1.27 bits per heavy atom. The number of hydroxylamine groups is 1. The van der Waals surface area contributed by atoms with Crippen molar-refractivity contribution in [1.82, 2.24) is 5.48 Å². The molecule has 1 aromatic carbocycles. The first-order valence-electron chi connectivity index (χ1n) is 3.70. The minimum Gasteiger partial charge on any atom is -0.507 e. The van der Waals surface area contributed by atoms with E-state index in [1.807, 2.05) is 0 Å². The summed E-state index contributed by atoms with van der Waals surface area (Å²) in [7, 11) is 0. The van der Waals surface area contributed by atoms with Crippen molar-refractivity contribution in [3.05, 3.63) is 29.8 Å². The van der Waals surface area contributed by atoms with Crippen molar-refractivity contribution < 1.29 is 25.0 Å². The van der Waals surface area contributed by atoms with Gasteiger partial charge in [0.2, 0.25) is 0 Å². The second-order valence-electron chi connectivity index (χ2n) is 2.30. The predicted octanol–water partition coefficient (Wildman–Crippen LogP) is 0.134. The molecule has 1 aromatic rings. The van der Waals surface area contributed by atoms with E-state index in [1.165, 1.54) is 17.6 Å². The van der Waals surface area contributed by atoms with Gasteiger partial charge in [0, 0.05) is 0 Å². The lowest BCUT2D eigenvalue weighted by Gasteiger charge is -1.99. The first-order valence-corrected chi connectivity index (χ1v) is 3.70. The van der Waals surface area contributed by atoms with Crippen LogP contribution in [0.2, 0.25) is 0 Å². The zero-order valence-electron chi connectivity index (χ0n) is 7.54. The average molecular weight is 214 g/mol. The van der Waals surface area contributed by atoms with Gasteiger partial charge in [-0.05, 0) is 12.1 Å². The molecule has 0 aliphatic heterocycles. The smallest absolute Gasteiger partial charge is 0.402 e. The van der Waals surface area contributed by atoms with E-state index in [4.69, 9.17) is 20.2 Å². The topological polar surface area (TPSA) is 133 Å². The molecule has 7 nitrogen and oxygen atoms in total. The van der Waals surface area contributed by atoms with E-state index >= 15 is 0 Å². The number of para-hydroxylation sites is 1. The molecule has 0 bridgehead atoms. The molecule has 0 heterocycles. The highest BCUT2D eigenvalue weighted by Crippen LogP contribution is 2.14. The van der Waals surface area contributed by atoms with Gasteiger partial charge in [0.05, 0.1) is 5.56 Å². The third-order valence-corrected chi connectivity index (χ3v) is 1.25. The van der Waals surface area contributed by atoms with E-state index in [1.54, 1.807) is 12.1 Å². The molecule has 0 aliphatic carbocycles. The number of carboxylic acid groups (broad SMARTS) is 1. The van der Waals surface area contributed by atoms with Crippen LogP contribution >= 0.6 is 0 Å². The number of carbonyl (C=O) groups is 2. The summed E-state index contributed by atoms with van der Waals surface area (Å²) in [5.41, 5.74) is 5.50. The second-order valence-corrected chi connectivity index (χ2v) is 2.30. The van der Waals surface area contributed by atoms with Crippen molar-refractivity contribution in [3.63, 3.8) is 0 Å². The molecule has 0 atom stereocenters. The highest BCUT2D eigenvalue weighted by molar-refractivity contribution is 5.95. The molecule has 2 amide bonds. The Labute approximate surface area is 84.7 Å². The largest absolute Gasteiger partial charge is 0.507 e. The molecular formula is C8H10N2O5. The summed E-state index contributed by atoms with van der Waals surface area (Å²) in [4.78, 5) is 19.5. The van der Waals surface area contributed by atoms with Crippen LogP contribution in [0.1, 0.15) is 10.4 Å². The Balaban J connectivity index is 0.000000423. The fourth-order valence-electron chi connectivity index (χ4n) is 0.726. The highest BCUT2D eigenvalue weighted by atomic mass is 16.5. The molecule has 0 unspecified atom stereocenters. The lowest BCUT2D eigenvalue weighted by molar-refractivity contribution is 0.0703. The number of amides is 2. The Morgan fingerprint density at radius 2 is 1.73 bits per heavy atom. The summed E-state index contributed by atoms with van der Waals surface area (Å²) in [5, 5.41) is 24.4. The first kappa shape index (κ1) is 12.7. The molecule has 0 aliphatic rings. The van der Waals surface area contributed by atoms with Crippen LogP contribution in [-0.4, -0.2) is 27.4 Å². The molecule has 7 heteroatoms. The Bertz CT molecular complexity index is 349. The van der Waals surface area contributed by atoms with Gasteiger partial charge in [-0.15, -0.1) is 0 Å². The summed E-state index contributed by atoms with van der Waals surface area (Å²) >= 11 is 0. The molecule has 0 spiro atoms. The quantitative estimate of drug-likeness (QED) is 0.335. The van der Waals surface area contributed by atoms with Crippen molar-refractivity contribution in [3.8, 4) is 5.75 Å². The van der Waals surface area contributed by atoms with Gasteiger partial charge in [-0.1, -0.05) is 12.1 Å². The van der Waals surface area contributed by atoms with Crippen LogP contribution in [0, 0.1) is 0 Å². The second kappa shape index (κ2) is 6.22. The highest BCUT2D eigenvalue weighted by Gasteiger charge is 2.07. The number of phenolic OH excluding ortho intramolecular Hbond substituents is 1. The van der Waals surface area contributed by atoms with Gasteiger partial charge in [0.1, 0.15) is 5.75 Å². The van der Waals surface area contributed by atoms with E-state index < -0.39 is 12.0 Å². The number of nitrogens with one attached hydrogen (secondary N) is 1. The molecule has 15 heavy (non-hydrogen) atoms. The van der Waals surface area contributed by atoms with Crippen LogP contribution in [0.5, 0.6) is 5.75 Å². The minimum absolute atomic E-state index is 0.0509. The van der Waals surface area contributed by atoms with Crippen molar-refractivity contribution in [2.45, 2.75) is 0 Å². The number of hydrogen-bond acceptors (Lipinski definition) is 4. The van der Waals surface area contributed by atoms with Gasteiger partial charge < -0.3 is 15.9 Å². The Hall–Kier alpha value is -2.28. The molecule has 6 N–H and O–H groups in total. The molecule has 1 rings (SSSR count). The summed E-state index contributed by atoms with van der Waals surface area (Å²) in [6, 6.07) is 5.94. The van der Waals surface area contributed by atoms with Crippen LogP contribution in [-0.2, 0) is 0 Å². The van der Waals surface area contributed by atoms with Crippen LogP contribution in [0.3, 0.4) is 0 Å². The van der Waals surface area contributed by atoms with Crippen LogP contribution in [0.15, 0.2) is 24.3 Å². The molecule has 82 valence electrons. The van der Waals surface area contributed by atoms with Gasteiger partial charge in [-0.2, -0.15) is 0 Å². The molecule has 0 saturated heterocycles. The van der Waals surface area contributed by atoms with E-state index in [0.29, 0.717) is 0 Å². The van der Waals surface area contributed by atoms with Crippen molar-refractivity contribution in [2.75, 3.05) is 0 Å². The fourth-order valence-corrected chi connectivity index (χ4v) is 0.726. The number of rotatable bonds is 1. The van der Waals surface area contributed by atoms with Gasteiger partial charge in [-0.25, -0.2) is 10.3 Å². The summed E-state index contributed by atoms with van der Waals surface area (Å²) in [6.45, 7) is 0. The number of aromatic hydroxyl groups is 1. The minimum atomic E-state index is -1.33. The third-order valence-electron chi connectivity index (χ3n) is 1.25. The number of primary amides is 1. The maximum Gasteiger partial charge on any atom is 0.402 e. The number of nitrogens with two attached hydrogens (primary N) is 1. The number of phenols is 1. The molecule has 0 fully saturated rings. The van der Waals surface area contributed by atoms with E-state index in [-0.39, 0.29) is 11.3 Å². The lowest BCUT2D eigenvalue weighted by Crippen LogP contribution is -2.18. The predicted molar refractivity (Wildman–Crippen MR) is 49.6 cm³/mol. The van der Waals surface area contributed by atoms with E-state index in [9.17, 15) is 4.79 Å². The van der Waals surface area contributed by atoms with Gasteiger partial charge in [0.15, 0.2) is 0 Å². The standard InChI is InChI=1S/C7H7NO3.CH3NO2/c9-6-4-2-1-3-5(6)7(10)8-11;2-1(3)4/h1-4,9,11H,(H,8,10);2H2,(H,3,4). The molecular weight excluding hydrogens is 204 g/mol. The van der Waals surface area contributed by atoms with Gasteiger partial charge in [-0.3, -0.25) is 10.0 Å². The van der Waals surface area contributed by atoms with Crippen LogP contribution < -0.4 is 11.2 Å². The Kier molecular flexibility index (Phi) is 5.27. The zero-order valence-corrected chi connectivity index (χ0v) is 7.54. The van der Waals surface area contributed by atoms with Crippen molar-refractivity contribution in [1.29, 1.82) is 0 Å². The summed E-state index contributed by atoms with van der Waals surface area (Å²) in [6.07, 6.45) is -1.33. The summed E-state index contributed by atoms with van der Waals surface area (Å²) in [5.74, 6) is -0.873. The maximum absolute atomic E-state index is 10.7. The first-order chi connectivity index (χ1) is 6.99. The van der Waals surface area contributed by atoms with Crippen LogP contribution in [0.4, 0.5) is 4.79 Å². The molecule has 0 aromatic heterocycles. The SMILES string of the molecule is NC(=O)O.O=C(NO)c1ccccc1O. The average Bonchev–Trinajstić information content (AvgIpc) is 2.16. The van der Waals surface area contributed by atoms with E-state index in [2.05, 4.69) is 5.73 Å². The molecule has 0 saturated carbocycles.